The van der Waals surface area contributed by atoms with E-state index in [1.165, 1.54) is 51.4 Å². The molecule has 3 aliphatic rings. The number of nitrogens with zero attached hydrogens (tertiary/aromatic N) is 2. The summed E-state index contributed by atoms with van der Waals surface area (Å²) in [7, 11) is 0. The highest BCUT2D eigenvalue weighted by atomic mass is 16.3. The van der Waals surface area contributed by atoms with Crippen LogP contribution in [-0.2, 0) is 4.79 Å². The Morgan fingerprint density at radius 2 is 1.67 bits per heavy atom. The van der Waals surface area contributed by atoms with Gasteiger partial charge in [0.15, 0.2) is 0 Å². The molecule has 27 heavy (non-hydrogen) atoms. The molecular formula is C23H38N2O2. The summed E-state index contributed by atoms with van der Waals surface area (Å²) in [6, 6.07) is 0.349. The van der Waals surface area contributed by atoms with Crippen molar-refractivity contribution in [1.82, 2.24) is 4.90 Å². The van der Waals surface area contributed by atoms with Gasteiger partial charge in [-0.05, 0) is 32.1 Å². The van der Waals surface area contributed by atoms with Crippen LogP contribution in [0.1, 0.15) is 96.8 Å². The lowest BCUT2D eigenvalue weighted by Crippen LogP contribution is -2.32. The molecule has 0 atom stereocenters. The van der Waals surface area contributed by atoms with Crippen molar-refractivity contribution in [1.29, 1.82) is 0 Å². The molecule has 3 rings (SSSR count). The fraction of sp³-hybridized carbons (Fsp3) is 0.826. The molecule has 1 amide bonds. The Hall–Kier alpha value is -1.32. The number of aliphatic hydroxyl groups is 1. The van der Waals surface area contributed by atoms with E-state index >= 15 is 0 Å². The van der Waals surface area contributed by atoms with Crippen LogP contribution in [0.2, 0.25) is 0 Å². The molecule has 1 N–H and O–H groups in total. The smallest absolute Gasteiger partial charge is 0.259 e. The number of amides is 1. The Morgan fingerprint density at radius 1 is 1.00 bits per heavy atom. The molecule has 4 heteroatoms. The first-order valence-electron chi connectivity index (χ1n) is 11.5. The molecule has 0 aromatic carbocycles. The first kappa shape index (κ1) is 20.4. The van der Waals surface area contributed by atoms with E-state index in [2.05, 4.69) is 6.92 Å². The third kappa shape index (κ3) is 5.36. The van der Waals surface area contributed by atoms with Crippen LogP contribution in [0.5, 0.6) is 0 Å². The molecular weight excluding hydrogens is 336 g/mol. The topological polar surface area (TPSA) is 52.9 Å². The van der Waals surface area contributed by atoms with E-state index in [-0.39, 0.29) is 11.7 Å². The fourth-order valence-electron chi connectivity index (χ4n) is 4.94. The minimum absolute atomic E-state index is 0.0316. The molecule has 0 saturated heterocycles. The molecule has 0 spiro atoms. The number of aliphatic imine (C=N–C) groups is 1. The molecule has 2 aliphatic carbocycles. The zero-order valence-corrected chi connectivity index (χ0v) is 17.2. The second-order valence-electron chi connectivity index (χ2n) is 8.75. The van der Waals surface area contributed by atoms with E-state index in [0.717, 1.165) is 50.8 Å². The lowest BCUT2D eigenvalue weighted by atomic mass is 9.82. The summed E-state index contributed by atoms with van der Waals surface area (Å²) in [6.45, 7) is 3.34. The molecule has 2 saturated carbocycles. The van der Waals surface area contributed by atoms with E-state index in [1.807, 2.05) is 4.90 Å². The van der Waals surface area contributed by atoms with Gasteiger partial charge < -0.3 is 10.0 Å². The van der Waals surface area contributed by atoms with Crippen LogP contribution in [0.15, 0.2) is 16.3 Å². The monoisotopic (exact) mass is 374 g/mol. The van der Waals surface area contributed by atoms with E-state index in [1.54, 1.807) is 0 Å². The minimum Gasteiger partial charge on any atom is -0.510 e. The molecule has 2 fully saturated rings. The first-order chi connectivity index (χ1) is 13.2. The summed E-state index contributed by atoms with van der Waals surface area (Å²) in [5.41, 5.74) is 1.53. The lowest BCUT2D eigenvalue weighted by Gasteiger charge is -2.27. The molecule has 1 heterocycles. The van der Waals surface area contributed by atoms with E-state index in [9.17, 15) is 9.90 Å². The van der Waals surface area contributed by atoms with Crippen molar-refractivity contribution in [3.63, 3.8) is 0 Å². The highest BCUT2D eigenvalue weighted by Crippen LogP contribution is 2.33. The van der Waals surface area contributed by atoms with Crippen LogP contribution < -0.4 is 0 Å². The summed E-state index contributed by atoms with van der Waals surface area (Å²) in [6.07, 6.45) is 16.6. The van der Waals surface area contributed by atoms with Gasteiger partial charge in [0.2, 0.25) is 0 Å². The standard InChI is InChI=1S/C23H38N2O2/c1-2-3-4-11-16-25-17-20(26)21(23(25)27)22(18-12-7-5-8-13-18)24-19-14-9-6-10-15-19/h18-19,26H,2-17H2,1H3. The van der Waals surface area contributed by atoms with Crippen molar-refractivity contribution in [2.24, 2.45) is 10.9 Å². The van der Waals surface area contributed by atoms with Gasteiger partial charge in [0.25, 0.3) is 5.91 Å². The maximum Gasteiger partial charge on any atom is 0.259 e. The van der Waals surface area contributed by atoms with Crippen LogP contribution in [-0.4, -0.2) is 40.8 Å². The predicted octanol–water partition coefficient (Wildman–Crippen LogP) is 5.58. The van der Waals surface area contributed by atoms with Gasteiger partial charge in [0.05, 0.1) is 18.3 Å². The van der Waals surface area contributed by atoms with Crippen LogP contribution >= 0.6 is 0 Å². The zero-order chi connectivity index (χ0) is 19.1. The number of rotatable bonds is 8. The first-order valence-corrected chi connectivity index (χ1v) is 11.5. The van der Waals surface area contributed by atoms with Crippen LogP contribution in [0, 0.1) is 5.92 Å². The summed E-state index contributed by atoms with van der Waals surface area (Å²) in [5.74, 6) is 0.668. The van der Waals surface area contributed by atoms with E-state index in [4.69, 9.17) is 4.99 Å². The SMILES string of the molecule is CCCCCCN1CC(O)=C(C(=NC2CCCCC2)C2CCCCC2)C1=O. The average molecular weight is 375 g/mol. The number of aliphatic hydroxyl groups excluding tert-OH is 1. The van der Waals surface area contributed by atoms with Gasteiger partial charge >= 0.3 is 0 Å². The van der Waals surface area contributed by atoms with Gasteiger partial charge in [0, 0.05) is 12.5 Å². The summed E-state index contributed by atoms with van der Waals surface area (Å²) in [4.78, 5) is 20.1. The maximum absolute atomic E-state index is 13.1. The Morgan fingerprint density at radius 3 is 2.33 bits per heavy atom. The zero-order valence-electron chi connectivity index (χ0n) is 17.2. The van der Waals surface area contributed by atoms with Gasteiger partial charge in [-0.1, -0.05) is 64.7 Å². The molecule has 0 bridgehead atoms. The second-order valence-corrected chi connectivity index (χ2v) is 8.75. The summed E-state index contributed by atoms with van der Waals surface area (Å²) in [5, 5.41) is 10.7. The van der Waals surface area contributed by atoms with Crippen LogP contribution in [0.25, 0.3) is 0 Å². The van der Waals surface area contributed by atoms with Crippen LogP contribution in [0.3, 0.4) is 0 Å². The molecule has 4 nitrogen and oxygen atoms in total. The quantitative estimate of drug-likeness (QED) is 0.446. The number of carbonyl (C=O) groups is 1. The Bertz CT molecular complexity index is 555. The molecule has 0 unspecified atom stereocenters. The van der Waals surface area contributed by atoms with Gasteiger partial charge in [-0.2, -0.15) is 0 Å². The van der Waals surface area contributed by atoms with Crippen molar-refractivity contribution in [3.8, 4) is 0 Å². The number of hydrogen-bond donors (Lipinski definition) is 1. The average Bonchev–Trinajstić information content (AvgIpc) is 2.98. The molecule has 0 aromatic heterocycles. The van der Waals surface area contributed by atoms with Gasteiger partial charge in [-0.25, -0.2) is 0 Å². The Kier molecular flexibility index (Phi) is 7.78. The van der Waals surface area contributed by atoms with E-state index < -0.39 is 0 Å². The number of carbonyl (C=O) groups excluding carboxylic acids is 1. The third-order valence-electron chi connectivity index (χ3n) is 6.56. The van der Waals surface area contributed by atoms with Gasteiger partial charge in [0.1, 0.15) is 11.3 Å². The second kappa shape index (κ2) is 10.3. The predicted molar refractivity (Wildman–Crippen MR) is 111 cm³/mol. The lowest BCUT2D eigenvalue weighted by molar-refractivity contribution is -0.125. The third-order valence-corrected chi connectivity index (χ3v) is 6.56. The van der Waals surface area contributed by atoms with E-state index in [0.29, 0.717) is 24.1 Å². The maximum atomic E-state index is 13.1. The largest absolute Gasteiger partial charge is 0.510 e. The van der Waals surface area contributed by atoms with Crippen molar-refractivity contribution in [3.05, 3.63) is 11.3 Å². The van der Waals surface area contributed by atoms with Crippen molar-refractivity contribution >= 4 is 11.6 Å². The number of unbranched alkanes of at least 4 members (excludes halogenated alkanes) is 3. The van der Waals surface area contributed by atoms with Crippen LogP contribution in [0.4, 0.5) is 0 Å². The number of hydrogen-bond acceptors (Lipinski definition) is 3. The molecule has 0 aromatic rings. The highest BCUT2D eigenvalue weighted by molar-refractivity contribution is 6.24. The fourth-order valence-corrected chi connectivity index (χ4v) is 4.94. The molecule has 1 aliphatic heterocycles. The summed E-state index contributed by atoms with van der Waals surface area (Å²) >= 11 is 0. The Labute approximate surface area is 165 Å². The minimum atomic E-state index is 0.0316. The van der Waals surface area contributed by atoms with Gasteiger partial charge in [-0.3, -0.25) is 9.79 Å². The molecule has 0 radical (unpaired) electrons. The molecule has 152 valence electrons. The normalized spacial score (nSPS) is 23.5. The summed E-state index contributed by atoms with van der Waals surface area (Å²) < 4.78 is 0. The van der Waals surface area contributed by atoms with Gasteiger partial charge in [-0.15, -0.1) is 0 Å². The highest BCUT2D eigenvalue weighted by Gasteiger charge is 2.37. The van der Waals surface area contributed by atoms with Crippen molar-refractivity contribution in [2.45, 2.75) is 103 Å². The Balaban J connectivity index is 1.75. The van der Waals surface area contributed by atoms with Crippen molar-refractivity contribution in [2.75, 3.05) is 13.1 Å². The van der Waals surface area contributed by atoms with Crippen molar-refractivity contribution < 1.29 is 9.90 Å².